The molecule has 4 rings (SSSR count). The number of halogens is 1. The lowest BCUT2D eigenvalue weighted by Crippen LogP contribution is -2.40. The molecular formula is C29H31ClN2O6S. The van der Waals surface area contributed by atoms with E-state index in [2.05, 4.69) is 4.99 Å². The lowest BCUT2D eigenvalue weighted by Gasteiger charge is -2.25. The van der Waals surface area contributed by atoms with Crippen LogP contribution in [0.1, 0.15) is 51.8 Å². The molecule has 39 heavy (non-hydrogen) atoms. The SMILES string of the molecule is COc1ccc([C@H]2C(C(=O)OC(C)C)=C(C)N=c3s/c(=C\c4cc(Cl)c(OC(C)C)c(OC)c4)c(=O)n32)cc1. The van der Waals surface area contributed by atoms with Crippen molar-refractivity contribution in [3.05, 3.63) is 83.5 Å². The summed E-state index contributed by atoms with van der Waals surface area (Å²) in [6.07, 6.45) is 1.30. The summed E-state index contributed by atoms with van der Waals surface area (Å²) in [5, 5.41) is 0.368. The monoisotopic (exact) mass is 570 g/mol. The summed E-state index contributed by atoms with van der Waals surface area (Å²) in [7, 11) is 3.11. The minimum Gasteiger partial charge on any atom is -0.497 e. The van der Waals surface area contributed by atoms with E-state index in [1.54, 1.807) is 58.2 Å². The number of methoxy groups -OCH3 is 2. The molecule has 0 saturated heterocycles. The third-order valence-electron chi connectivity index (χ3n) is 5.92. The van der Waals surface area contributed by atoms with Gasteiger partial charge in [-0.05, 0) is 76.1 Å². The van der Waals surface area contributed by atoms with E-state index in [-0.39, 0.29) is 17.8 Å². The molecule has 0 radical (unpaired) electrons. The second-order valence-electron chi connectivity index (χ2n) is 9.51. The van der Waals surface area contributed by atoms with E-state index in [1.807, 2.05) is 26.0 Å². The Labute approximate surface area is 235 Å². The first-order valence-corrected chi connectivity index (χ1v) is 13.6. The molecule has 1 aliphatic rings. The van der Waals surface area contributed by atoms with Crippen molar-refractivity contribution in [2.24, 2.45) is 4.99 Å². The van der Waals surface area contributed by atoms with Crippen LogP contribution in [0.15, 0.2) is 57.5 Å². The molecule has 0 aliphatic carbocycles. The second kappa shape index (κ2) is 11.7. The third kappa shape index (κ3) is 5.89. The Kier molecular flexibility index (Phi) is 8.51. The van der Waals surface area contributed by atoms with Gasteiger partial charge in [0, 0.05) is 0 Å². The fourth-order valence-corrected chi connectivity index (χ4v) is 5.60. The average Bonchev–Trinajstić information content (AvgIpc) is 3.18. The number of carbonyl (C=O) groups excluding carboxylic acids is 1. The van der Waals surface area contributed by atoms with E-state index < -0.39 is 12.0 Å². The van der Waals surface area contributed by atoms with Gasteiger partial charge in [0.2, 0.25) is 0 Å². The molecule has 0 N–H and O–H groups in total. The summed E-state index contributed by atoms with van der Waals surface area (Å²) in [6, 6.07) is 10.0. The van der Waals surface area contributed by atoms with Crippen molar-refractivity contribution >= 4 is 35.0 Å². The van der Waals surface area contributed by atoms with Gasteiger partial charge in [-0.25, -0.2) is 9.79 Å². The maximum absolute atomic E-state index is 13.9. The molecule has 3 aromatic rings. The van der Waals surface area contributed by atoms with E-state index in [0.717, 1.165) is 5.56 Å². The van der Waals surface area contributed by atoms with Crippen molar-refractivity contribution in [1.82, 2.24) is 4.57 Å². The van der Waals surface area contributed by atoms with Gasteiger partial charge in [-0.2, -0.15) is 0 Å². The third-order valence-corrected chi connectivity index (χ3v) is 7.18. The predicted molar refractivity (Wildman–Crippen MR) is 152 cm³/mol. The quantitative estimate of drug-likeness (QED) is 0.367. The van der Waals surface area contributed by atoms with E-state index >= 15 is 0 Å². The molecule has 1 atom stereocenters. The Morgan fingerprint density at radius 1 is 1.08 bits per heavy atom. The number of esters is 1. The Bertz CT molecular complexity index is 1600. The second-order valence-corrected chi connectivity index (χ2v) is 10.9. The molecule has 0 bridgehead atoms. The molecule has 8 nitrogen and oxygen atoms in total. The van der Waals surface area contributed by atoms with Crippen molar-refractivity contribution in [2.75, 3.05) is 14.2 Å². The zero-order valence-electron chi connectivity index (χ0n) is 22.9. The van der Waals surface area contributed by atoms with Crippen LogP contribution in [0, 0.1) is 0 Å². The van der Waals surface area contributed by atoms with Gasteiger partial charge in [-0.1, -0.05) is 35.1 Å². The van der Waals surface area contributed by atoms with Crippen molar-refractivity contribution in [2.45, 2.75) is 52.9 Å². The fraction of sp³-hybridized carbons (Fsp3) is 0.345. The molecular weight excluding hydrogens is 540 g/mol. The van der Waals surface area contributed by atoms with Crippen LogP contribution in [0.2, 0.25) is 5.02 Å². The summed E-state index contributed by atoms with van der Waals surface area (Å²) in [4.78, 5) is 32.2. The van der Waals surface area contributed by atoms with Crippen molar-refractivity contribution in [3.8, 4) is 17.2 Å². The normalized spacial score (nSPS) is 15.3. The zero-order valence-corrected chi connectivity index (χ0v) is 24.5. The number of fused-ring (bicyclic) bond motifs is 1. The first-order valence-electron chi connectivity index (χ1n) is 12.5. The number of carbonyl (C=O) groups is 1. The largest absolute Gasteiger partial charge is 0.497 e. The highest BCUT2D eigenvalue weighted by molar-refractivity contribution is 7.07. The number of benzene rings is 2. The minimum atomic E-state index is -0.722. The number of rotatable bonds is 8. The number of nitrogens with zero attached hydrogens (tertiary/aromatic N) is 2. The average molecular weight is 571 g/mol. The van der Waals surface area contributed by atoms with E-state index in [0.29, 0.717) is 48.4 Å². The van der Waals surface area contributed by atoms with Crippen LogP contribution in [-0.4, -0.2) is 37.0 Å². The number of hydrogen-bond donors (Lipinski definition) is 0. The maximum atomic E-state index is 13.9. The number of ether oxygens (including phenoxy) is 4. The van der Waals surface area contributed by atoms with Gasteiger partial charge in [0.1, 0.15) is 5.75 Å². The lowest BCUT2D eigenvalue weighted by atomic mass is 9.96. The van der Waals surface area contributed by atoms with E-state index in [9.17, 15) is 9.59 Å². The smallest absolute Gasteiger partial charge is 0.338 e. The van der Waals surface area contributed by atoms with Gasteiger partial charge in [0.05, 0.1) is 53.3 Å². The van der Waals surface area contributed by atoms with E-state index in [1.165, 1.54) is 23.0 Å². The number of hydrogen-bond acceptors (Lipinski definition) is 8. The first-order chi connectivity index (χ1) is 18.5. The highest BCUT2D eigenvalue weighted by Crippen LogP contribution is 2.37. The number of aromatic nitrogens is 1. The molecule has 2 heterocycles. The molecule has 0 spiro atoms. The van der Waals surface area contributed by atoms with Gasteiger partial charge < -0.3 is 18.9 Å². The van der Waals surface area contributed by atoms with Crippen LogP contribution in [-0.2, 0) is 9.53 Å². The van der Waals surface area contributed by atoms with Gasteiger partial charge in [-0.15, -0.1) is 0 Å². The van der Waals surface area contributed by atoms with Crippen molar-refractivity contribution in [1.29, 1.82) is 0 Å². The number of allylic oxidation sites excluding steroid dienone is 1. The van der Waals surface area contributed by atoms with E-state index in [4.69, 9.17) is 30.5 Å². The number of thiazole rings is 1. The predicted octanol–water partition coefficient (Wildman–Crippen LogP) is 4.64. The van der Waals surface area contributed by atoms with Crippen molar-refractivity contribution < 1.29 is 23.7 Å². The maximum Gasteiger partial charge on any atom is 0.338 e. The topological polar surface area (TPSA) is 88.4 Å². The fourth-order valence-electron chi connectivity index (χ4n) is 4.29. The lowest BCUT2D eigenvalue weighted by molar-refractivity contribution is -0.143. The van der Waals surface area contributed by atoms with Crippen LogP contribution in [0.25, 0.3) is 6.08 Å². The zero-order chi connectivity index (χ0) is 28.4. The Morgan fingerprint density at radius 3 is 2.36 bits per heavy atom. The molecule has 206 valence electrons. The van der Waals surface area contributed by atoms with Gasteiger partial charge in [-0.3, -0.25) is 9.36 Å². The molecule has 2 aromatic carbocycles. The molecule has 1 aromatic heterocycles. The first kappa shape index (κ1) is 28.4. The summed E-state index contributed by atoms with van der Waals surface area (Å²) in [5.74, 6) is 1.05. The molecule has 0 saturated carbocycles. The van der Waals surface area contributed by atoms with Crippen molar-refractivity contribution in [3.63, 3.8) is 0 Å². The van der Waals surface area contributed by atoms with Crippen LogP contribution >= 0.6 is 22.9 Å². The Morgan fingerprint density at radius 2 is 1.77 bits per heavy atom. The summed E-state index contributed by atoms with van der Waals surface area (Å²) >= 11 is 7.75. The van der Waals surface area contributed by atoms with Gasteiger partial charge in [0.15, 0.2) is 16.3 Å². The summed E-state index contributed by atoms with van der Waals surface area (Å²) in [5.41, 5.74) is 1.91. The van der Waals surface area contributed by atoms with Crippen LogP contribution < -0.4 is 29.1 Å². The van der Waals surface area contributed by atoms with Crippen LogP contribution in [0.3, 0.4) is 0 Å². The molecule has 0 amide bonds. The molecule has 10 heteroatoms. The highest BCUT2D eigenvalue weighted by atomic mass is 35.5. The molecule has 0 fully saturated rings. The summed E-state index contributed by atoms with van der Waals surface area (Å²) < 4.78 is 24.1. The Hall–Kier alpha value is -3.56. The highest BCUT2D eigenvalue weighted by Gasteiger charge is 2.33. The molecule has 1 aliphatic heterocycles. The van der Waals surface area contributed by atoms with Gasteiger partial charge >= 0.3 is 5.97 Å². The molecule has 0 unspecified atom stereocenters. The van der Waals surface area contributed by atoms with Gasteiger partial charge in [0.25, 0.3) is 5.56 Å². The van der Waals surface area contributed by atoms with Crippen LogP contribution in [0.4, 0.5) is 0 Å². The standard InChI is InChI=1S/C29H31ClN2O6S/c1-15(2)37-26-21(30)12-18(13-22(26)36-7)14-23-27(33)32-25(19-8-10-20(35-6)11-9-19)24(28(34)38-16(3)4)17(5)31-29(32)39-23/h8-16,25H,1-7H3/b23-14-/t25-/m0/s1. The minimum absolute atomic E-state index is 0.0938. The summed E-state index contributed by atoms with van der Waals surface area (Å²) in [6.45, 7) is 9.11. The Balaban J connectivity index is 1.90. The van der Waals surface area contributed by atoms with Crippen LogP contribution in [0.5, 0.6) is 17.2 Å².